The molecule has 2 aromatic carbocycles. The van der Waals surface area contributed by atoms with Crippen LogP contribution in [0.5, 0.6) is 5.75 Å². The highest BCUT2D eigenvalue weighted by Gasteiger charge is 2.18. The Morgan fingerprint density at radius 1 is 1.11 bits per heavy atom. The molecule has 4 aromatic rings. The average molecular weight is 539 g/mol. The van der Waals surface area contributed by atoms with E-state index in [-0.39, 0.29) is 0 Å². The van der Waals surface area contributed by atoms with Crippen molar-refractivity contribution in [3.63, 3.8) is 0 Å². The molecule has 1 fully saturated rings. The number of nitrogens with zero attached hydrogens (tertiary/aromatic N) is 4. The normalized spacial score (nSPS) is 14.6. The third-order valence-corrected chi connectivity index (χ3v) is 8.18. The van der Waals surface area contributed by atoms with Crippen molar-refractivity contribution in [3.05, 3.63) is 69.8 Å². The van der Waals surface area contributed by atoms with Crippen molar-refractivity contribution in [3.8, 4) is 22.3 Å². The number of nitrogens with one attached hydrogen (secondary N) is 1. The average Bonchev–Trinajstić information content (AvgIpc) is 3.32. The van der Waals surface area contributed by atoms with Crippen molar-refractivity contribution in [2.45, 2.75) is 6.54 Å². The van der Waals surface area contributed by atoms with Crippen LogP contribution in [0.4, 0.5) is 11.4 Å². The van der Waals surface area contributed by atoms with E-state index < -0.39 is 0 Å². The molecule has 0 saturated carbocycles. The molecule has 6 nitrogen and oxygen atoms in total. The van der Waals surface area contributed by atoms with Gasteiger partial charge in [0.05, 0.1) is 44.3 Å². The van der Waals surface area contributed by atoms with Crippen LogP contribution in [-0.4, -0.2) is 55.1 Å². The molecule has 0 bridgehead atoms. The molecule has 0 spiro atoms. The summed E-state index contributed by atoms with van der Waals surface area (Å²) in [5, 5.41) is 14.0. The highest BCUT2D eigenvalue weighted by Crippen LogP contribution is 2.42. The summed E-state index contributed by atoms with van der Waals surface area (Å²) in [5.41, 5.74) is 4.95. The van der Waals surface area contributed by atoms with Crippen molar-refractivity contribution in [1.82, 2.24) is 14.8 Å². The van der Waals surface area contributed by atoms with Crippen molar-refractivity contribution < 1.29 is 4.74 Å². The molecule has 1 aliphatic rings. The Morgan fingerprint density at radius 3 is 2.67 bits per heavy atom. The molecule has 184 valence electrons. The van der Waals surface area contributed by atoms with Gasteiger partial charge in [0.25, 0.3) is 0 Å². The van der Waals surface area contributed by atoms with E-state index in [4.69, 9.17) is 27.9 Å². The summed E-state index contributed by atoms with van der Waals surface area (Å²) in [6.07, 6.45) is 1.59. The second-order valence-electron chi connectivity index (χ2n) is 8.86. The SMILES string of the molecule is COc1cc(Nc2c(C#N)cnc3cc(-c4cccc(CN5CCN(C)CC5)c4)sc23)c(Cl)cc1Cl. The van der Waals surface area contributed by atoms with E-state index in [1.807, 2.05) is 0 Å². The predicted molar refractivity (Wildman–Crippen MR) is 149 cm³/mol. The lowest BCUT2D eigenvalue weighted by atomic mass is 10.1. The number of methoxy groups -OCH3 is 1. The number of aromatic nitrogens is 1. The zero-order valence-electron chi connectivity index (χ0n) is 20.0. The van der Waals surface area contributed by atoms with E-state index in [2.05, 4.69) is 63.5 Å². The summed E-state index contributed by atoms with van der Waals surface area (Å²) >= 11 is 14.3. The maximum absolute atomic E-state index is 9.79. The quantitative estimate of drug-likeness (QED) is 0.297. The van der Waals surface area contributed by atoms with Gasteiger partial charge in [0, 0.05) is 49.9 Å². The zero-order valence-corrected chi connectivity index (χ0v) is 22.3. The first-order chi connectivity index (χ1) is 17.4. The molecule has 0 aliphatic carbocycles. The predicted octanol–water partition coefficient (Wildman–Crippen LogP) is 6.64. The Morgan fingerprint density at radius 2 is 1.92 bits per heavy atom. The van der Waals surface area contributed by atoms with E-state index in [0.29, 0.717) is 32.7 Å². The fourth-order valence-corrected chi connectivity index (χ4v) is 5.95. The van der Waals surface area contributed by atoms with Crippen molar-refractivity contribution in [2.24, 2.45) is 0 Å². The highest BCUT2D eigenvalue weighted by molar-refractivity contribution is 7.22. The van der Waals surface area contributed by atoms with Gasteiger partial charge in [0.1, 0.15) is 11.8 Å². The van der Waals surface area contributed by atoms with E-state index in [1.54, 1.807) is 36.8 Å². The molecule has 0 radical (unpaired) electrons. The molecule has 36 heavy (non-hydrogen) atoms. The number of fused-ring (bicyclic) bond motifs is 1. The standard InChI is InChI=1S/C27H25Cl2N5OS/c1-33-6-8-34(9-7-33)16-17-4-3-5-18(10-17)25-13-23-27(36-25)26(19(14-30)15-31-23)32-22-12-24(35-2)21(29)11-20(22)28/h3-5,10-13,15H,6-9,16H2,1-2H3,(H,31,32). The van der Waals surface area contributed by atoms with Crippen LogP contribution in [0.15, 0.2) is 48.7 Å². The number of nitriles is 1. The Bertz CT molecular complexity index is 1460. The molecule has 0 amide bonds. The number of rotatable bonds is 6. The first kappa shape index (κ1) is 24.8. The highest BCUT2D eigenvalue weighted by atomic mass is 35.5. The fourth-order valence-electron chi connectivity index (χ4n) is 4.33. The second kappa shape index (κ2) is 10.6. The third-order valence-electron chi connectivity index (χ3n) is 6.38. The number of pyridine rings is 1. The molecule has 2 aromatic heterocycles. The van der Waals surface area contributed by atoms with Crippen LogP contribution in [0.2, 0.25) is 10.0 Å². The van der Waals surface area contributed by atoms with Gasteiger partial charge in [-0.1, -0.05) is 41.4 Å². The van der Waals surface area contributed by atoms with Crippen molar-refractivity contribution >= 4 is 56.1 Å². The van der Waals surface area contributed by atoms with Crippen LogP contribution in [0, 0.1) is 11.3 Å². The smallest absolute Gasteiger partial charge is 0.139 e. The molecule has 5 rings (SSSR count). The second-order valence-corrected chi connectivity index (χ2v) is 10.7. The number of thiophene rings is 1. The Balaban J connectivity index is 1.49. The first-order valence-electron chi connectivity index (χ1n) is 11.6. The van der Waals surface area contributed by atoms with Crippen LogP contribution >= 0.6 is 34.5 Å². The summed E-state index contributed by atoms with van der Waals surface area (Å²) in [4.78, 5) is 10.5. The van der Waals surface area contributed by atoms with Gasteiger partial charge in [-0.25, -0.2) is 0 Å². The molecule has 1 N–H and O–H groups in total. The summed E-state index contributed by atoms with van der Waals surface area (Å²) < 4.78 is 6.23. The maximum Gasteiger partial charge on any atom is 0.139 e. The summed E-state index contributed by atoms with van der Waals surface area (Å²) in [5.74, 6) is 0.497. The van der Waals surface area contributed by atoms with Gasteiger partial charge in [-0.2, -0.15) is 5.26 Å². The van der Waals surface area contributed by atoms with Crippen LogP contribution in [0.25, 0.3) is 20.7 Å². The summed E-state index contributed by atoms with van der Waals surface area (Å²) in [6, 6.07) is 16.3. The lowest BCUT2D eigenvalue weighted by Crippen LogP contribution is -2.43. The zero-order chi connectivity index (χ0) is 25.2. The molecule has 1 saturated heterocycles. The number of ether oxygens (including phenoxy) is 1. The van der Waals surface area contributed by atoms with Gasteiger partial charge < -0.3 is 15.0 Å². The Kier molecular flexibility index (Phi) is 7.33. The van der Waals surface area contributed by atoms with Crippen LogP contribution in [-0.2, 0) is 6.54 Å². The van der Waals surface area contributed by atoms with E-state index in [0.717, 1.165) is 53.4 Å². The van der Waals surface area contributed by atoms with Gasteiger partial charge in [-0.05, 0) is 36.4 Å². The number of halogens is 2. The van der Waals surface area contributed by atoms with Crippen LogP contribution < -0.4 is 10.1 Å². The summed E-state index contributed by atoms with van der Waals surface area (Å²) in [6.45, 7) is 5.30. The van der Waals surface area contributed by atoms with Crippen LogP contribution in [0.1, 0.15) is 11.1 Å². The number of anilines is 2. The largest absolute Gasteiger partial charge is 0.495 e. The molecular formula is C27H25Cl2N5OS. The first-order valence-corrected chi connectivity index (χ1v) is 13.2. The van der Waals surface area contributed by atoms with Gasteiger partial charge in [-0.15, -0.1) is 11.3 Å². The van der Waals surface area contributed by atoms with Gasteiger partial charge in [-0.3, -0.25) is 9.88 Å². The van der Waals surface area contributed by atoms with Gasteiger partial charge in [0.15, 0.2) is 0 Å². The van der Waals surface area contributed by atoms with Gasteiger partial charge >= 0.3 is 0 Å². The number of likely N-dealkylation sites (N-methyl/N-ethyl adjacent to an activating group) is 1. The molecule has 0 unspecified atom stereocenters. The Labute approximate surface area is 224 Å². The molecule has 1 aliphatic heterocycles. The van der Waals surface area contributed by atoms with Crippen LogP contribution in [0.3, 0.4) is 0 Å². The van der Waals surface area contributed by atoms with E-state index >= 15 is 0 Å². The minimum absolute atomic E-state index is 0.420. The number of piperazine rings is 1. The molecular weight excluding hydrogens is 513 g/mol. The molecule has 9 heteroatoms. The monoisotopic (exact) mass is 537 g/mol. The van der Waals surface area contributed by atoms with Gasteiger partial charge in [0.2, 0.25) is 0 Å². The minimum atomic E-state index is 0.420. The number of benzene rings is 2. The van der Waals surface area contributed by atoms with Crippen molar-refractivity contribution in [2.75, 3.05) is 45.7 Å². The number of hydrogen-bond donors (Lipinski definition) is 1. The minimum Gasteiger partial charge on any atom is -0.495 e. The fraction of sp³-hybridized carbons (Fsp3) is 0.259. The maximum atomic E-state index is 9.79. The molecule has 0 atom stereocenters. The third kappa shape index (κ3) is 5.15. The lowest BCUT2D eigenvalue weighted by molar-refractivity contribution is 0.148. The Hall–Kier alpha value is -2.86. The van der Waals surface area contributed by atoms with Crippen molar-refractivity contribution in [1.29, 1.82) is 5.26 Å². The summed E-state index contributed by atoms with van der Waals surface area (Å²) in [7, 11) is 3.72. The van der Waals surface area contributed by atoms with E-state index in [1.165, 1.54) is 5.56 Å². The molecule has 3 heterocycles. The number of hydrogen-bond acceptors (Lipinski definition) is 7. The lowest BCUT2D eigenvalue weighted by Gasteiger charge is -2.32. The topological polar surface area (TPSA) is 64.4 Å². The van der Waals surface area contributed by atoms with E-state index in [9.17, 15) is 5.26 Å².